The Morgan fingerprint density at radius 3 is 2.50 bits per heavy atom. The van der Waals surface area contributed by atoms with Gasteiger partial charge in [0.05, 0.1) is 4.90 Å². The first-order chi connectivity index (χ1) is 15.2. The molecule has 0 aliphatic heterocycles. The average Bonchev–Trinajstić information content (AvgIpc) is 2.76. The zero-order chi connectivity index (χ0) is 23.1. The predicted octanol–water partition coefficient (Wildman–Crippen LogP) is 3.61. The normalized spacial score (nSPS) is 11.2. The first-order valence-electron chi connectivity index (χ1n) is 9.95. The van der Waals surface area contributed by atoms with Crippen molar-refractivity contribution in [3.63, 3.8) is 0 Å². The number of sulfonamides is 1. The van der Waals surface area contributed by atoms with Crippen molar-refractivity contribution in [2.24, 2.45) is 0 Å². The summed E-state index contributed by atoms with van der Waals surface area (Å²) in [6.07, 6.45) is 1.57. The number of aryl methyl sites for hydroxylation is 2. The quantitative estimate of drug-likeness (QED) is 0.512. The molecule has 0 unspecified atom stereocenters. The average molecular weight is 458 g/mol. The Kier molecular flexibility index (Phi) is 7.55. The van der Waals surface area contributed by atoms with Gasteiger partial charge in [-0.05, 0) is 60.9 Å². The summed E-state index contributed by atoms with van der Waals surface area (Å²) in [5.74, 6) is 0.343. The zero-order valence-electron chi connectivity index (χ0n) is 17.8. The molecule has 2 aromatic carbocycles. The van der Waals surface area contributed by atoms with Crippen LogP contribution in [0.25, 0.3) is 0 Å². The highest BCUT2D eigenvalue weighted by Gasteiger charge is 2.14. The van der Waals surface area contributed by atoms with E-state index >= 15 is 0 Å². The Morgan fingerprint density at radius 2 is 1.81 bits per heavy atom. The van der Waals surface area contributed by atoms with Crippen LogP contribution in [0.5, 0.6) is 11.6 Å². The van der Waals surface area contributed by atoms with E-state index in [0.717, 1.165) is 34.6 Å². The van der Waals surface area contributed by atoms with Crippen molar-refractivity contribution in [2.75, 3.05) is 6.54 Å². The summed E-state index contributed by atoms with van der Waals surface area (Å²) >= 11 is 0. The Hall–Kier alpha value is -3.30. The van der Waals surface area contributed by atoms with E-state index in [0.29, 0.717) is 5.88 Å². The van der Waals surface area contributed by atoms with Gasteiger partial charge in [0.2, 0.25) is 21.8 Å². The molecule has 0 radical (unpaired) electrons. The van der Waals surface area contributed by atoms with Crippen LogP contribution in [-0.2, 0) is 21.4 Å². The van der Waals surface area contributed by atoms with Crippen molar-refractivity contribution in [1.82, 2.24) is 15.0 Å². The molecule has 2 N–H and O–H groups in total. The number of hydrogen-bond donors (Lipinski definition) is 2. The van der Waals surface area contributed by atoms with Crippen molar-refractivity contribution in [3.05, 3.63) is 83.3 Å². The van der Waals surface area contributed by atoms with E-state index in [9.17, 15) is 17.6 Å². The second kappa shape index (κ2) is 10.3. The number of pyridine rings is 1. The van der Waals surface area contributed by atoms with Gasteiger partial charge in [0.15, 0.2) is 0 Å². The van der Waals surface area contributed by atoms with Gasteiger partial charge in [-0.15, -0.1) is 0 Å². The number of nitrogens with zero attached hydrogens (tertiary/aromatic N) is 1. The van der Waals surface area contributed by atoms with Gasteiger partial charge in [-0.3, -0.25) is 4.79 Å². The monoisotopic (exact) mass is 457 g/mol. The molecule has 0 saturated heterocycles. The third-order valence-electron chi connectivity index (χ3n) is 4.61. The molecule has 168 valence electrons. The van der Waals surface area contributed by atoms with Crippen molar-refractivity contribution in [1.29, 1.82) is 0 Å². The van der Waals surface area contributed by atoms with E-state index in [1.165, 1.54) is 12.1 Å². The van der Waals surface area contributed by atoms with Crippen LogP contribution in [0, 0.1) is 19.7 Å². The Morgan fingerprint density at radius 1 is 1.06 bits per heavy atom. The van der Waals surface area contributed by atoms with Crippen molar-refractivity contribution >= 4 is 15.9 Å². The molecular weight excluding hydrogens is 433 g/mol. The minimum atomic E-state index is -3.80. The molecule has 3 rings (SSSR count). The number of carbonyl (C=O) groups is 1. The van der Waals surface area contributed by atoms with Crippen LogP contribution in [0.4, 0.5) is 4.39 Å². The molecule has 1 heterocycles. The first kappa shape index (κ1) is 23.4. The highest BCUT2D eigenvalue weighted by molar-refractivity contribution is 7.89. The number of aromatic nitrogens is 1. The van der Waals surface area contributed by atoms with Gasteiger partial charge in [0, 0.05) is 31.8 Å². The molecule has 32 heavy (non-hydrogen) atoms. The fourth-order valence-corrected chi connectivity index (χ4v) is 3.82. The topological polar surface area (TPSA) is 97.4 Å². The van der Waals surface area contributed by atoms with Crippen LogP contribution in [0.3, 0.4) is 0 Å². The molecule has 0 atom stereocenters. The number of halogens is 1. The highest BCUT2D eigenvalue weighted by atomic mass is 32.2. The third-order valence-corrected chi connectivity index (χ3v) is 6.09. The van der Waals surface area contributed by atoms with Crippen LogP contribution < -0.4 is 14.8 Å². The summed E-state index contributed by atoms with van der Waals surface area (Å²) in [4.78, 5) is 16.2. The van der Waals surface area contributed by atoms with Crippen molar-refractivity contribution < 1.29 is 22.3 Å². The second-order valence-corrected chi connectivity index (χ2v) is 9.02. The molecule has 0 aliphatic rings. The van der Waals surface area contributed by atoms with Gasteiger partial charge in [0.1, 0.15) is 11.6 Å². The van der Waals surface area contributed by atoms with E-state index in [2.05, 4.69) is 15.0 Å². The Labute approximate surface area is 186 Å². The van der Waals surface area contributed by atoms with Gasteiger partial charge in [-0.1, -0.05) is 18.2 Å². The number of amides is 1. The molecule has 0 saturated carbocycles. The Bertz CT molecular complexity index is 1180. The van der Waals surface area contributed by atoms with Crippen LogP contribution >= 0.6 is 0 Å². The second-order valence-electron chi connectivity index (χ2n) is 7.25. The first-order valence-corrected chi connectivity index (χ1v) is 11.4. The lowest BCUT2D eigenvalue weighted by Gasteiger charge is -2.10. The van der Waals surface area contributed by atoms with E-state index in [4.69, 9.17) is 4.74 Å². The van der Waals surface area contributed by atoms with Gasteiger partial charge in [0.25, 0.3) is 0 Å². The van der Waals surface area contributed by atoms with Crippen LogP contribution in [0.1, 0.15) is 23.1 Å². The summed E-state index contributed by atoms with van der Waals surface area (Å²) < 4.78 is 45.3. The SMILES string of the molecule is Cc1ccc(C)c(Oc2ccc(CNC(=O)CCNS(=O)(=O)c3ccc(F)cc3)cn2)c1. The number of benzene rings is 2. The van der Waals surface area contributed by atoms with Gasteiger partial charge >= 0.3 is 0 Å². The Balaban J connectivity index is 1.44. The third kappa shape index (κ3) is 6.60. The van der Waals surface area contributed by atoms with Gasteiger partial charge < -0.3 is 10.1 Å². The van der Waals surface area contributed by atoms with Gasteiger partial charge in [-0.25, -0.2) is 22.5 Å². The lowest BCUT2D eigenvalue weighted by atomic mass is 10.1. The van der Waals surface area contributed by atoms with Gasteiger partial charge in [-0.2, -0.15) is 0 Å². The lowest BCUT2D eigenvalue weighted by molar-refractivity contribution is -0.121. The van der Waals surface area contributed by atoms with E-state index < -0.39 is 15.8 Å². The van der Waals surface area contributed by atoms with Crippen molar-refractivity contribution in [3.8, 4) is 11.6 Å². The summed E-state index contributed by atoms with van der Waals surface area (Å²) in [5.41, 5.74) is 2.87. The molecular formula is C23H24FN3O4S. The van der Waals surface area contributed by atoms with E-state index in [1.54, 1.807) is 18.3 Å². The number of carbonyl (C=O) groups excluding carboxylic acids is 1. The molecule has 0 aliphatic carbocycles. The molecule has 1 aromatic heterocycles. The summed E-state index contributed by atoms with van der Waals surface area (Å²) in [6, 6.07) is 13.9. The smallest absolute Gasteiger partial charge is 0.240 e. The standard InChI is InChI=1S/C23H24FN3O4S/c1-16-3-4-17(2)21(13-16)31-23-10-5-18(15-26-23)14-25-22(28)11-12-27-32(29,30)20-8-6-19(24)7-9-20/h3-10,13,15,27H,11-12,14H2,1-2H3,(H,25,28). The minimum absolute atomic E-state index is 0.0400. The van der Waals surface area contributed by atoms with Crippen LogP contribution in [0.15, 0.2) is 65.7 Å². The maximum atomic E-state index is 12.9. The molecule has 0 bridgehead atoms. The van der Waals surface area contributed by atoms with E-state index in [-0.39, 0.29) is 30.3 Å². The fourth-order valence-electron chi connectivity index (χ4n) is 2.79. The lowest BCUT2D eigenvalue weighted by Crippen LogP contribution is -2.30. The largest absolute Gasteiger partial charge is 0.439 e. The van der Waals surface area contributed by atoms with Crippen LogP contribution in [0.2, 0.25) is 0 Å². The number of nitrogens with one attached hydrogen (secondary N) is 2. The summed E-state index contributed by atoms with van der Waals surface area (Å²) in [7, 11) is -3.80. The summed E-state index contributed by atoms with van der Waals surface area (Å²) in [6.45, 7) is 4.12. The highest BCUT2D eigenvalue weighted by Crippen LogP contribution is 2.24. The number of ether oxygens (including phenoxy) is 1. The number of rotatable bonds is 9. The molecule has 7 nitrogen and oxygen atoms in total. The molecule has 9 heteroatoms. The fraction of sp³-hybridized carbons (Fsp3) is 0.217. The molecule has 3 aromatic rings. The number of hydrogen-bond acceptors (Lipinski definition) is 5. The van der Waals surface area contributed by atoms with Crippen LogP contribution in [-0.4, -0.2) is 25.9 Å². The maximum Gasteiger partial charge on any atom is 0.240 e. The minimum Gasteiger partial charge on any atom is -0.439 e. The maximum absolute atomic E-state index is 12.9. The molecule has 1 amide bonds. The van der Waals surface area contributed by atoms with Crippen molar-refractivity contribution in [2.45, 2.75) is 31.7 Å². The van der Waals surface area contributed by atoms with E-state index in [1.807, 2.05) is 32.0 Å². The molecule has 0 spiro atoms. The zero-order valence-corrected chi connectivity index (χ0v) is 18.6. The molecule has 0 fully saturated rings. The predicted molar refractivity (Wildman–Crippen MR) is 118 cm³/mol. The summed E-state index contributed by atoms with van der Waals surface area (Å²) in [5, 5.41) is 2.71.